The quantitative estimate of drug-likeness (QED) is 0.129. The average molecular weight is 1180 g/mol. The van der Waals surface area contributed by atoms with Gasteiger partial charge in [-0.2, -0.15) is 5.26 Å². The topological polar surface area (TPSA) is 72.3 Å². The molecule has 92 heavy (non-hydrogen) atoms. The Labute approximate surface area is 535 Å². The Morgan fingerprint density at radius 1 is 0.261 bits per heavy atom. The van der Waals surface area contributed by atoms with Crippen LogP contribution in [-0.4, -0.2) is 24.1 Å². The fourth-order valence-electron chi connectivity index (χ4n) is 13.3. The molecule has 0 atom stereocenters. The van der Waals surface area contributed by atoms with Crippen molar-refractivity contribution in [1.82, 2.24) is 24.1 Å². The molecule has 3 heterocycles. The van der Waals surface area contributed by atoms with Crippen molar-refractivity contribution in [3.8, 4) is 118 Å². The van der Waals surface area contributed by atoms with Gasteiger partial charge in [-0.3, -0.25) is 0 Å². The van der Waals surface area contributed by atoms with Gasteiger partial charge in [0.1, 0.15) is 0 Å². The highest BCUT2D eigenvalue weighted by Crippen LogP contribution is 2.47. The van der Waals surface area contributed by atoms with Gasteiger partial charge in [-0.25, -0.2) is 15.0 Å². The summed E-state index contributed by atoms with van der Waals surface area (Å²) >= 11 is 0. The van der Waals surface area contributed by atoms with Crippen molar-refractivity contribution in [1.29, 1.82) is 5.26 Å². The first-order valence-corrected chi connectivity index (χ1v) is 31.3. The zero-order valence-corrected chi connectivity index (χ0v) is 51.4. The Morgan fingerprint density at radius 3 is 1.01 bits per heavy atom. The van der Waals surface area contributed by atoms with Crippen LogP contribution in [0.4, 0.5) is 0 Å². The molecule has 0 aliphatic rings. The number of benzene rings is 13. The van der Waals surface area contributed by atoms with Crippen LogP contribution in [0.2, 0.25) is 0 Å². The molecule has 0 spiro atoms. The van der Waals surface area contributed by atoms with E-state index >= 15 is 0 Å². The third kappa shape index (κ3) is 9.99. The second-order valence-corrected chi connectivity index (χ2v) is 24.2. The van der Waals surface area contributed by atoms with Crippen LogP contribution in [0.15, 0.2) is 291 Å². The van der Waals surface area contributed by atoms with Crippen LogP contribution >= 0.6 is 0 Å². The van der Waals surface area contributed by atoms with Crippen molar-refractivity contribution >= 4 is 43.6 Å². The van der Waals surface area contributed by atoms with Crippen LogP contribution in [0.5, 0.6) is 0 Å². The summed E-state index contributed by atoms with van der Waals surface area (Å²) in [6.07, 6.45) is 0. The lowest BCUT2D eigenvalue weighted by atomic mass is 9.92. The lowest BCUT2D eigenvalue weighted by Crippen LogP contribution is -2.06. The van der Waals surface area contributed by atoms with E-state index in [1.165, 1.54) is 22.3 Å². The smallest absolute Gasteiger partial charge is 0.166 e. The number of fused-ring (bicyclic) bond motifs is 6. The molecule has 0 aliphatic carbocycles. The second-order valence-electron chi connectivity index (χ2n) is 24.2. The molecular formula is C86H60N6. The van der Waals surface area contributed by atoms with Crippen molar-refractivity contribution in [3.63, 3.8) is 0 Å². The number of hydrogen-bond donors (Lipinski definition) is 0. The number of nitrogens with zero attached hydrogens (tertiary/aromatic N) is 6. The van der Waals surface area contributed by atoms with Gasteiger partial charge in [0.25, 0.3) is 0 Å². The minimum Gasteiger partial charge on any atom is -0.309 e. The molecule has 0 unspecified atom stereocenters. The average Bonchev–Trinajstić information content (AvgIpc) is 1.52. The van der Waals surface area contributed by atoms with E-state index in [9.17, 15) is 5.26 Å². The summed E-state index contributed by atoms with van der Waals surface area (Å²) in [6, 6.07) is 107. The van der Waals surface area contributed by atoms with Crippen molar-refractivity contribution in [2.24, 2.45) is 0 Å². The summed E-state index contributed by atoms with van der Waals surface area (Å²) in [5.74, 6) is 1.63. The summed E-state index contributed by atoms with van der Waals surface area (Å²) in [5.41, 5.74) is 27.0. The molecular weight excluding hydrogens is 1120 g/mol. The lowest BCUT2D eigenvalue weighted by Gasteiger charge is -2.21. The number of aromatic nitrogens is 5. The van der Waals surface area contributed by atoms with Gasteiger partial charge in [-0.1, -0.05) is 235 Å². The third-order valence-corrected chi connectivity index (χ3v) is 18.1. The number of rotatable bonds is 11. The third-order valence-electron chi connectivity index (χ3n) is 18.1. The number of hydrogen-bond acceptors (Lipinski definition) is 4. The van der Waals surface area contributed by atoms with Crippen LogP contribution in [0.25, 0.3) is 156 Å². The molecule has 434 valence electrons. The summed E-state index contributed by atoms with van der Waals surface area (Å²) < 4.78 is 4.87. The predicted molar refractivity (Wildman–Crippen MR) is 381 cm³/mol. The molecule has 3 aromatic heterocycles. The maximum atomic E-state index is 10.4. The molecule has 0 N–H and O–H groups in total. The molecule has 6 nitrogen and oxygen atoms in total. The van der Waals surface area contributed by atoms with Gasteiger partial charge < -0.3 is 9.13 Å². The SMILES string of the molecule is Cc1ccc(-c2ccc3c(c2)c2cc(-c4ccc(C)cc4)ccc2n3-c2ccc(-c3cccc(C#N)c3)cc2-c2cccc(-n3c4ccc(-c5ccc(C)cc5)cc4c4cc(-c5ccc(C)cc5)ccc43)c2-c2nc(-c3ccccc3)nc(-c3ccccc3)n2)cc1. The van der Waals surface area contributed by atoms with Gasteiger partial charge in [0, 0.05) is 38.2 Å². The molecule has 0 radical (unpaired) electrons. The van der Waals surface area contributed by atoms with E-state index in [1.54, 1.807) is 0 Å². The van der Waals surface area contributed by atoms with Gasteiger partial charge in [0.05, 0.1) is 50.6 Å². The Bertz CT molecular complexity index is 5310. The predicted octanol–water partition coefficient (Wildman–Crippen LogP) is 22.2. The molecule has 6 heteroatoms. The van der Waals surface area contributed by atoms with E-state index in [2.05, 4.69) is 279 Å². The fourth-order valence-corrected chi connectivity index (χ4v) is 13.3. The Hall–Kier alpha value is -12.0. The van der Waals surface area contributed by atoms with Crippen molar-refractivity contribution in [2.45, 2.75) is 27.7 Å². The molecule has 0 amide bonds. The Kier molecular flexibility index (Phi) is 13.7. The highest BCUT2D eigenvalue weighted by atomic mass is 15.1. The largest absolute Gasteiger partial charge is 0.309 e. The van der Waals surface area contributed by atoms with Gasteiger partial charge in [0.2, 0.25) is 0 Å². The summed E-state index contributed by atoms with van der Waals surface area (Å²) in [5, 5.41) is 14.9. The van der Waals surface area contributed by atoms with E-state index in [4.69, 9.17) is 15.0 Å². The van der Waals surface area contributed by atoms with Crippen LogP contribution < -0.4 is 0 Å². The van der Waals surface area contributed by atoms with Crippen LogP contribution in [0.3, 0.4) is 0 Å². The van der Waals surface area contributed by atoms with Gasteiger partial charge in [-0.05, 0) is 168 Å². The van der Waals surface area contributed by atoms with E-state index < -0.39 is 0 Å². The van der Waals surface area contributed by atoms with Crippen molar-refractivity contribution in [2.75, 3.05) is 0 Å². The zero-order chi connectivity index (χ0) is 62.0. The van der Waals surface area contributed by atoms with E-state index in [1.807, 2.05) is 54.6 Å². The maximum absolute atomic E-state index is 10.4. The highest BCUT2D eigenvalue weighted by Gasteiger charge is 2.27. The van der Waals surface area contributed by atoms with Crippen molar-refractivity contribution in [3.05, 3.63) is 319 Å². The summed E-state index contributed by atoms with van der Waals surface area (Å²) in [4.78, 5) is 16.6. The number of nitriles is 1. The lowest BCUT2D eigenvalue weighted by molar-refractivity contribution is 1.06. The first kappa shape index (κ1) is 55.3. The zero-order valence-electron chi connectivity index (χ0n) is 51.4. The van der Waals surface area contributed by atoms with E-state index in [-0.39, 0.29) is 0 Å². The normalized spacial score (nSPS) is 11.5. The first-order chi connectivity index (χ1) is 45.2. The summed E-state index contributed by atoms with van der Waals surface area (Å²) in [7, 11) is 0. The molecule has 0 saturated heterocycles. The molecule has 0 aliphatic heterocycles. The van der Waals surface area contributed by atoms with Crippen LogP contribution in [0, 0.1) is 39.0 Å². The summed E-state index contributed by atoms with van der Waals surface area (Å²) in [6.45, 7) is 8.54. The highest BCUT2D eigenvalue weighted by molar-refractivity contribution is 6.14. The molecule has 16 aromatic rings. The molecule has 0 bridgehead atoms. The number of aryl methyl sites for hydroxylation is 4. The minimum atomic E-state index is 0.515. The maximum Gasteiger partial charge on any atom is 0.166 e. The van der Waals surface area contributed by atoms with Gasteiger partial charge in [-0.15, -0.1) is 0 Å². The minimum absolute atomic E-state index is 0.515. The monoisotopic (exact) mass is 1180 g/mol. The molecule has 16 rings (SSSR count). The van der Waals surface area contributed by atoms with Crippen LogP contribution in [-0.2, 0) is 0 Å². The molecule has 0 saturated carbocycles. The van der Waals surface area contributed by atoms with Gasteiger partial charge >= 0.3 is 0 Å². The van der Waals surface area contributed by atoms with E-state index in [0.29, 0.717) is 23.0 Å². The Morgan fingerprint density at radius 2 is 0.598 bits per heavy atom. The first-order valence-electron chi connectivity index (χ1n) is 31.3. The second kappa shape index (κ2) is 22.8. The van der Waals surface area contributed by atoms with E-state index in [0.717, 1.165) is 138 Å². The van der Waals surface area contributed by atoms with Crippen LogP contribution in [0.1, 0.15) is 27.8 Å². The Balaban J connectivity index is 1.03. The fraction of sp³-hybridized carbons (Fsp3) is 0.0465. The van der Waals surface area contributed by atoms with Crippen molar-refractivity contribution < 1.29 is 0 Å². The molecule has 13 aromatic carbocycles. The molecule has 0 fully saturated rings. The standard InChI is InChI=1S/C86H60N6/c1-54-21-29-59(30-22-54)66-37-42-78-73(48-66)74-49-67(60-31-23-55(2)24-32-60)38-43-79(74)91(78)77-46-41-70(65-18-11-13-58(47-65)53-87)52-72(77)71-19-12-20-82(83(71)86-89-84(63-14-7-5-8-15-63)88-85(90-86)64-16-9-6-10-17-64)92-80-44-39-68(61-33-25-56(3)26-34-61)50-75(80)76-51-69(40-45-81(76)92)62-35-27-57(4)28-36-62/h5-52H,1-4H3. The van der Waals surface area contributed by atoms with Gasteiger partial charge in [0.15, 0.2) is 17.5 Å².